The SMILES string of the molecule is CCN(C)CCN(C(=O)c1cccs1)C1C=CN(c2ccccc2)N1. The molecule has 0 saturated heterocycles. The molecule has 1 unspecified atom stereocenters. The zero-order valence-corrected chi connectivity index (χ0v) is 15.4. The van der Waals surface area contributed by atoms with Crippen LogP contribution in [0.2, 0.25) is 0 Å². The number of nitrogens with zero attached hydrogens (tertiary/aromatic N) is 3. The van der Waals surface area contributed by atoms with Crippen LogP contribution >= 0.6 is 11.3 Å². The molecule has 0 bridgehead atoms. The maximum Gasteiger partial charge on any atom is 0.265 e. The van der Waals surface area contributed by atoms with Gasteiger partial charge in [-0.1, -0.05) is 31.2 Å². The van der Waals surface area contributed by atoms with Crippen LogP contribution in [0, 0.1) is 0 Å². The molecule has 1 N–H and O–H groups in total. The fraction of sp³-hybridized carbons (Fsp3) is 0.316. The number of benzene rings is 1. The number of carbonyl (C=O) groups is 1. The van der Waals surface area contributed by atoms with Crippen molar-refractivity contribution < 1.29 is 4.79 Å². The number of carbonyl (C=O) groups excluding carboxylic acids is 1. The quantitative estimate of drug-likeness (QED) is 0.828. The van der Waals surface area contributed by atoms with Crippen LogP contribution in [0.5, 0.6) is 0 Å². The zero-order chi connectivity index (χ0) is 17.6. The predicted molar refractivity (Wildman–Crippen MR) is 104 cm³/mol. The molecule has 132 valence electrons. The molecule has 1 atom stereocenters. The van der Waals surface area contributed by atoms with E-state index in [-0.39, 0.29) is 12.1 Å². The van der Waals surface area contributed by atoms with E-state index in [1.807, 2.05) is 70.0 Å². The molecule has 6 heteroatoms. The fourth-order valence-corrected chi connectivity index (χ4v) is 3.34. The monoisotopic (exact) mass is 356 g/mol. The summed E-state index contributed by atoms with van der Waals surface area (Å²) >= 11 is 1.49. The molecule has 25 heavy (non-hydrogen) atoms. The van der Waals surface area contributed by atoms with Crippen molar-refractivity contribution in [2.45, 2.75) is 13.1 Å². The van der Waals surface area contributed by atoms with Crippen molar-refractivity contribution in [2.75, 3.05) is 31.7 Å². The van der Waals surface area contributed by atoms with Crippen molar-refractivity contribution in [2.24, 2.45) is 0 Å². The van der Waals surface area contributed by atoms with Gasteiger partial charge in [-0.3, -0.25) is 9.80 Å². The summed E-state index contributed by atoms with van der Waals surface area (Å²) in [5.74, 6) is 0.0663. The first-order chi connectivity index (χ1) is 12.2. The molecule has 5 nitrogen and oxygen atoms in total. The van der Waals surface area contributed by atoms with Crippen molar-refractivity contribution in [1.29, 1.82) is 0 Å². The van der Waals surface area contributed by atoms with Gasteiger partial charge in [0.2, 0.25) is 0 Å². The summed E-state index contributed by atoms with van der Waals surface area (Å²) in [5, 5.41) is 3.90. The van der Waals surface area contributed by atoms with Gasteiger partial charge in [-0.2, -0.15) is 0 Å². The Labute approximate surface area is 153 Å². The van der Waals surface area contributed by atoms with Gasteiger partial charge in [-0.05, 0) is 43.2 Å². The number of para-hydroxylation sites is 1. The number of hydrogen-bond acceptors (Lipinski definition) is 5. The number of thiophene rings is 1. The number of hydrazine groups is 1. The summed E-state index contributed by atoms with van der Waals surface area (Å²) < 4.78 is 0. The van der Waals surface area contributed by atoms with Crippen LogP contribution in [0.25, 0.3) is 0 Å². The Kier molecular flexibility index (Phi) is 5.86. The average molecular weight is 356 g/mol. The smallest absolute Gasteiger partial charge is 0.265 e. The topological polar surface area (TPSA) is 38.8 Å². The first-order valence-electron chi connectivity index (χ1n) is 8.51. The lowest BCUT2D eigenvalue weighted by Crippen LogP contribution is -2.51. The third-order valence-electron chi connectivity index (χ3n) is 4.31. The summed E-state index contributed by atoms with van der Waals surface area (Å²) in [6, 6.07) is 13.9. The van der Waals surface area contributed by atoms with Crippen LogP contribution in [-0.2, 0) is 0 Å². The van der Waals surface area contributed by atoms with E-state index in [1.54, 1.807) is 0 Å². The predicted octanol–water partition coefficient (Wildman–Crippen LogP) is 3.01. The minimum absolute atomic E-state index is 0.0663. The summed E-state index contributed by atoms with van der Waals surface area (Å²) in [7, 11) is 2.07. The van der Waals surface area contributed by atoms with Gasteiger partial charge < -0.3 is 9.80 Å². The largest absolute Gasteiger partial charge is 0.316 e. The van der Waals surface area contributed by atoms with Crippen LogP contribution in [0.4, 0.5) is 5.69 Å². The second-order valence-corrected chi connectivity index (χ2v) is 6.94. The van der Waals surface area contributed by atoms with Crippen LogP contribution in [0.1, 0.15) is 16.6 Å². The Bertz CT molecular complexity index is 701. The minimum Gasteiger partial charge on any atom is -0.316 e. The molecule has 1 amide bonds. The third-order valence-corrected chi connectivity index (χ3v) is 5.17. The van der Waals surface area contributed by atoms with Gasteiger partial charge in [0, 0.05) is 19.3 Å². The molecule has 0 aliphatic carbocycles. The Morgan fingerprint density at radius 2 is 2.00 bits per heavy atom. The number of hydrogen-bond donors (Lipinski definition) is 1. The minimum atomic E-state index is -0.153. The average Bonchev–Trinajstić information content (AvgIpc) is 3.34. The highest BCUT2D eigenvalue weighted by molar-refractivity contribution is 7.12. The molecule has 0 radical (unpaired) electrons. The second-order valence-electron chi connectivity index (χ2n) is 5.99. The van der Waals surface area contributed by atoms with Gasteiger partial charge in [0.1, 0.15) is 6.17 Å². The normalized spacial score (nSPS) is 16.6. The molecule has 3 rings (SSSR count). The van der Waals surface area contributed by atoms with E-state index in [0.29, 0.717) is 6.54 Å². The number of anilines is 1. The van der Waals surface area contributed by atoms with Crippen molar-refractivity contribution in [3.05, 3.63) is 65.0 Å². The summed E-state index contributed by atoms with van der Waals surface area (Å²) in [5.41, 5.74) is 4.46. The summed E-state index contributed by atoms with van der Waals surface area (Å²) in [4.78, 5) is 17.8. The first-order valence-corrected chi connectivity index (χ1v) is 9.39. The van der Waals surface area contributed by atoms with E-state index < -0.39 is 0 Å². The lowest BCUT2D eigenvalue weighted by atomic mass is 10.3. The van der Waals surface area contributed by atoms with E-state index in [0.717, 1.165) is 23.7 Å². The van der Waals surface area contributed by atoms with Crippen molar-refractivity contribution in [3.63, 3.8) is 0 Å². The molecule has 0 fully saturated rings. The zero-order valence-electron chi connectivity index (χ0n) is 14.6. The molecule has 2 aromatic rings. The Morgan fingerprint density at radius 3 is 2.68 bits per heavy atom. The molecule has 0 spiro atoms. The first kappa shape index (κ1) is 17.7. The standard InChI is InChI=1S/C19H24N4OS/c1-3-21(2)13-14-22(19(24)17-10-7-15-25-17)18-11-12-23(20-18)16-8-5-4-6-9-16/h4-12,15,18,20H,3,13-14H2,1-2H3. The molecule has 1 aromatic carbocycles. The van der Waals surface area contributed by atoms with Gasteiger partial charge in [-0.25, -0.2) is 5.43 Å². The highest BCUT2D eigenvalue weighted by Gasteiger charge is 2.28. The lowest BCUT2D eigenvalue weighted by Gasteiger charge is -2.31. The van der Waals surface area contributed by atoms with Crippen LogP contribution in [0.15, 0.2) is 60.1 Å². The second kappa shape index (κ2) is 8.29. The maximum atomic E-state index is 13.0. The van der Waals surface area contributed by atoms with Gasteiger partial charge >= 0.3 is 0 Å². The van der Waals surface area contributed by atoms with Crippen LogP contribution in [0.3, 0.4) is 0 Å². The maximum absolute atomic E-state index is 13.0. The molecule has 2 heterocycles. The third kappa shape index (κ3) is 4.28. The molecule has 1 aliphatic heterocycles. The van der Waals surface area contributed by atoms with Crippen molar-refractivity contribution >= 4 is 22.9 Å². The van der Waals surface area contributed by atoms with E-state index in [9.17, 15) is 4.79 Å². The van der Waals surface area contributed by atoms with E-state index in [1.165, 1.54) is 11.3 Å². The van der Waals surface area contributed by atoms with Crippen LogP contribution in [-0.4, -0.2) is 48.6 Å². The molecule has 1 aliphatic rings. The molecular formula is C19H24N4OS. The summed E-state index contributed by atoms with van der Waals surface area (Å²) in [6.45, 7) is 4.60. The fourth-order valence-electron chi connectivity index (χ4n) is 2.66. The van der Waals surface area contributed by atoms with Crippen molar-refractivity contribution in [3.8, 4) is 0 Å². The number of rotatable bonds is 7. The van der Waals surface area contributed by atoms with Gasteiger partial charge in [0.25, 0.3) is 5.91 Å². The van der Waals surface area contributed by atoms with Crippen molar-refractivity contribution in [1.82, 2.24) is 15.2 Å². The number of amides is 1. The number of nitrogens with one attached hydrogen (secondary N) is 1. The molecular weight excluding hydrogens is 332 g/mol. The van der Waals surface area contributed by atoms with Gasteiger partial charge in [0.05, 0.1) is 10.6 Å². The van der Waals surface area contributed by atoms with E-state index in [2.05, 4.69) is 24.3 Å². The Balaban J connectivity index is 1.73. The van der Waals surface area contributed by atoms with E-state index >= 15 is 0 Å². The highest BCUT2D eigenvalue weighted by atomic mass is 32.1. The Hall–Kier alpha value is -2.15. The summed E-state index contributed by atoms with van der Waals surface area (Å²) in [6.07, 6.45) is 3.86. The lowest BCUT2D eigenvalue weighted by molar-refractivity contribution is 0.0681. The van der Waals surface area contributed by atoms with E-state index in [4.69, 9.17) is 0 Å². The number of likely N-dealkylation sites (N-methyl/N-ethyl adjacent to an activating group) is 1. The molecule has 0 saturated carbocycles. The molecule has 1 aromatic heterocycles. The van der Waals surface area contributed by atoms with Crippen LogP contribution < -0.4 is 10.4 Å². The Morgan fingerprint density at radius 1 is 1.20 bits per heavy atom. The van der Waals surface area contributed by atoms with Gasteiger partial charge in [-0.15, -0.1) is 11.3 Å². The highest BCUT2D eigenvalue weighted by Crippen LogP contribution is 2.20. The van der Waals surface area contributed by atoms with Gasteiger partial charge in [0.15, 0.2) is 0 Å².